The monoisotopic (exact) mass is 393 g/mol. The zero-order valence-electron chi connectivity index (χ0n) is 17.3. The van der Waals surface area contributed by atoms with Crippen LogP contribution in [0.5, 0.6) is 0 Å². The van der Waals surface area contributed by atoms with Crippen LogP contribution in [-0.2, 0) is 14.3 Å². The number of esters is 1. The van der Waals surface area contributed by atoms with Gasteiger partial charge < -0.3 is 9.64 Å². The van der Waals surface area contributed by atoms with E-state index in [1.165, 1.54) is 7.11 Å². The zero-order chi connectivity index (χ0) is 21.4. The Kier molecular flexibility index (Phi) is 7.90. The van der Waals surface area contributed by atoms with Crippen molar-refractivity contribution in [2.24, 2.45) is 0 Å². The van der Waals surface area contributed by atoms with Crippen LogP contribution < -0.4 is 0 Å². The number of rotatable bonds is 8. The Morgan fingerprint density at radius 3 is 2.48 bits per heavy atom. The van der Waals surface area contributed by atoms with Gasteiger partial charge in [0.25, 0.3) is 0 Å². The number of methoxy groups -OCH3 is 1. The van der Waals surface area contributed by atoms with Crippen molar-refractivity contribution in [1.82, 2.24) is 9.88 Å². The third-order valence-corrected chi connectivity index (χ3v) is 5.02. The number of carbonyl (C=O) groups excluding carboxylic acids is 2. The summed E-state index contributed by atoms with van der Waals surface area (Å²) in [4.78, 5) is 31.9. The van der Waals surface area contributed by atoms with Crippen LogP contribution in [0.4, 0.5) is 0 Å². The maximum absolute atomic E-state index is 13.6. The van der Waals surface area contributed by atoms with Gasteiger partial charge in [0.1, 0.15) is 0 Å². The molecule has 2 unspecified atom stereocenters. The van der Waals surface area contributed by atoms with Gasteiger partial charge in [-0.05, 0) is 50.1 Å². The van der Waals surface area contributed by atoms with Crippen LogP contribution >= 0.6 is 0 Å². The molecule has 0 saturated heterocycles. The average Bonchev–Trinajstić information content (AvgIpc) is 2.74. The van der Waals surface area contributed by atoms with Crippen molar-refractivity contribution in [1.29, 1.82) is 5.26 Å². The minimum absolute atomic E-state index is 0.0101. The van der Waals surface area contributed by atoms with E-state index in [0.29, 0.717) is 12.1 Å². The summed E-state index contributed by atoms with van der Waals surface area (Å²) in [5.74, 6) is -1.60. The first kappa shape index (κ1) is 22.1. The molecule has 0 fully saturated rings. The van der Waals surface area contributed by atoms with Crippen molar-refractivity contribution < 1.29 is 14.3 Å². The molecule has 1 heterocycles. The Hall–Kier alpha value is -3.20. The standard InChI is InChI=1S/C23H27N3O3/c1-5-26(16(2)3)23(28)22(19-10-7-11-25-15-19)20(13-21(27)29-4)18-9-6-8-17(12-18)14-24/h6-12,15-16,20,22H,5,13H2,1-4H3. The third kappa shape index (κ3) is 5.41. The molecule has 1 amide bonds. The van der Waals surface area contributed by atoms with Crippen molar-refractivity contribution in [2.45, 2.75) is 45.1 Å². The molecule has 2 aromatic rings. The number of amides is 1. The number of hydrogen-bond acceptors (Lipinski definition) is 5. The molecule has 0 spiro atoms. The molecule has 2 rings (SSSR count). The van der Waals surface area contributed by atoms with Gasteiger partial charge in [-0.15, -0.1) is 0 Å². The summed E-state index contributed by atoms with van der Waals surface area (Å²) in [6, 6.07) is 12.8. The molecule has 29 heavy (non-hydrogen) atoms. The Morgan fingerprint density at radius 1 is 1.21 bits per heavy atom. The molecular formula is C23H27N3O3. The molecule has 0 radical (unpaired) electrons. The van der Waals surface area contributed by atoms with E-state index in [-0.39, 0.29) is 18.4 Å². The fourth-order valence-electron chi connectivity index (χ4n) is 3.59. The fraction of sp³-hybridized carbons (Fsp3) is 0.391. The summed E-state index contributed by atoms with van der Waals surface area (Å²) < 4.78 is 4.91. The quantitative estimate of drug-likeness (QED) is 0.640. The van der Waals surface area contributed by atoms with Gasteiger partial charge in [-0.2, -0.15) is 5.26 Å². The van der Waals surface area contributed by atoms with Crippen LogP contribution in [0.15, 0.2) is 48.8 Å². The minimum Gasteiger partial charge on any atom is -0.469 e. The van der Waals surface area contributed by atoms with E-state index in [9.17, 15) is 14.9 Å². The van der Waals surface area contributed by atoms with E-state index in [4.69, 9.17) is 4.74 Å². The number of likely N-dealkylation sites (N-methyl/N-ethyl adjacent to an activating group) is 1. The van der Waals surface area contributed by atoms with Gasteiger partial charge in [-0.3, -0.25) is 14.6 Å². The molecule has 0 saturated carbocycles. The number of carbonyl (C=O) groups is 2. The Bertz CT molecular complexity index is 874. The molecule has 0 N–H and O–H groups in total. The van der Waals surface area contributed by atoms with E-state index < -0.39 is 17.8 Å². The van der Waals surface area contributed by atoms with Crippen LogP contribution in [0.3, 0.4) is 0 Å². The van der Waals surface area contributed by atoms with Gasteiger partial charge in [0, 0.05) is 30.9 Å². The van der Waals surface area contributed by atoms with E-state index in [1.54, 1.807) is 41.6 Å². The van der Waals surface area contributed by atoms with E-state index in [2.05, 4.69) is 11.1 Å². The lowest BCUT2D eigenvalue weighted by molar-refractivity contribution is -0.141. The highest BCUT2D eigenvalue weighted by atomic mass is 16.5. The van der Waals surface area contributed by atoms with Crippen molar-refractivity contribution in [3.63, 3.8) is 0 Å². The molecule has 0 aliphatic heterocycles. The van der Waals surface area contributed by atoms with Gasteiger partial charge in [0.2, 0.25) is 5.91 Å². The lowest BCUT2D eigenvalue weighted by atomic mass is 9.78. The van der Waals surface area contributed by atoms with Crippen LogP contribution in [0.1, 0.15) is 55.7 Å². The molecule has 0 aliphatic carbocycles. The number of aromatic nitrogens is 1. The highest BCUT2D eigenvalue weighted by molar-refractivity contribution is 5.86. The van der Waals surface area contributed by atoms with Gasteiger partial charge in [0.05, 0.1) is 31.1 Å². The van der Waals surface area contributed by atoms with Gasteiger partial charge in [-0.25, -0.2) is 0 Å². The average molecular weight is 393 g/mol. The maximum Gasteiger partial charge on any atom is 0.306 e. The number of nitriles is 1. The minimum atomic E-state index is -0.626. The predicted molar refractivity (Wildman–Crippen MR) is 110 cm³/mol. The first-order valence-corrected chi connectivity index (χ1v) is 9.70. The van der Waals surface area contributed by atoms with E-state index in [0.717, 1.165) is 11.1 Å². The van der Waals surface area contributed by atoms with E-state index in [1.807, 2.05) is 32.9 Å². The Morgan fingerprint density at radius 2 is 1.93 bits per heavy atom. The lowest BCUT2D eigenvalue weighted by Gasteiger charge is -2.33. The van der Waals surface area contributed by atoms with Crippen molar-refractivity contribution in [2.75, 3.05) is 13.7 Å². The first-order valence-electron chi connectivity index (χ1n) is 9.70. The van der Waals surface area contributed by atoms with Crippen molar-refractivity contribution in [3.05, 3.63) is 65.5 Å². The Balaban J connectivity index is 2.64. The molecule has 6 heteroatoms. The molecular weight excluding hydrogens is 366 g/mol. The molecule has 6 nitrogen and oxygen atoms in total. The molecule has 0 aliphatic rings. The largest absolute Gasteiger partial charge is 0.469 e. The molecule has 1 aromatic carbocycles. The second-order valence-corrected chi connectivity index (χ2v) is 7.11. The number of hydrogen-bond donors (Lipinski definition) is 0. The molecule has 2 atom stereocenters. The number of nitrogens with zero attached hydrogens (tertiary/aromatic N) is 3. The second-order valence-electron chi connectivity index (χ2n) is 7.11. The third-order valence-electron chi connectivity index (χ3n) is 5.02. The molecule has 152 valence electrons. The predicted octanol–water partition coefficient (Wildman–Crippen LogP) is 3.64. The Labute approximate surface area is 172 Å². The van der Waals surface area contributed by atoms with Crippen molar-refractivity contribution >= 4 is 11.9 Å². The summed E-state index contributed by atoms with van der Waals surface area (Å²) in [5.41, 5.74) is 1.95. The first-order chi connectivity index (χ1) is 13.9. The SMILES string of the molecule is CCN(C(=O)C(c1cccnc1)C(CC(=O)OC)c1cccc(C#N)c1)C(C)C. The summed E-state index contributed by atoms with van der Waals surface area (Å²) in [6.07, 6.45) is 3.33. The molecule has 0 bridgehead atoms. The van der Waals surface area contributed by atoms with Crippen LogP contribution in [0.2, 0.25) is 0 Å². The van der Waals surface area contributed by atoms with Crippen LogP contribution in [-0.4, -0.2) is 41.5 Å². The smallest absolute Gasteiger partial charge is 0.306 e. The van der Waals surface area contributed by atoms with Gasteiger partial charge in [0.15, 0.2) is 0 Å². The highest BCUT2D eigenvalue weighted by Gasteiger charge is 2.36. The van der Waals surface area contributed by atoms with Crippen LogP contribution in [0.25, 0.3) is 0 Å². The second kappa shape index (κ2) is 10.4. The highest BCUT2D eigenvalue weighted by Crippen LogP contribution is 2.38. The number of benzene rings is 1. The normalized spacial score (nSPS) is 12.7. The van der Waals surface area contributed by atoms with Crippen molar-refractivity contribution in [3.8, 4) is 6.07 Å². The number of ether oxygens (including phenoxy) is 1. The van der Waals surface area contributed by atoms with E-state index >= 15 is 0 Å². The number of pyridine rings is 1. The van der Waals surface area contributed by atoms with Gasteiger partial charge in [-0.1, -0.05) is 18.2 Å². The summed E-state index contributed by atoms with van der Waals surface area (Å²) >= 11 is 0. The molecule has 1 aromatic heterocycles. The lowest BCUT2D eigenvalue weighted by Crippen LogP contribution is -2.42. The fourth-order valence-corrected chi connectivity index (χ4v) is 3.59. The zero-order valence-corrected chi connectivity index (χ0v) is 17.3. The van der Waals surface area contributed by atoms with Crippen LogP contribution in [0, 0.1) is 11.3 Å². The topological polar surface area (TPSA) is 83.3 Å². The summed E-state index contributed by atoms with van der Waals surface area (Å²) in [6.45, 7) is 6.42. The maximum atomic E-state index is 13.6. The van der Waals surface area contributed by atoms with Gasteiger partial charge >= 0.3 is 5.97 Å². The summed E-state index contributed by atoms with van der Waals surface area (Å²) in [5, 5.41) is 9.31. The summed E-state index contributed by atoms with van der Waals surface area (Å²) in [7, 11) is 1.33.